The number of fused-ring (bicyclic) bond motifs is 3. The summed E-state index contributed by atoms with van der Waals surface area (Å²) in [6.07, 6.45) is 5.70. The number of amides is 3. The van der Waals surface area contributed by atoms with Crippen molar-refractivity contribution in [3.63, 3.8) is 0 Å². The van der Waals surface area contributed by atoms with Crippen LogP contribution in [0, 0.1) is 23.2 Å². The number of nitrogens with one attached hydrogen (secondary N) is 4. The first kappa shape index (κ1) is 31.0. The number of carbonyl (C=O) groups excluding carboxylic acids is 3. The first-order valence-electron chi connectivity index (χ1n) is 16.9. The molecule has 1 unspecified atom stereocenters. The van der Waals surface area contributed by atoms with Gasteiger partial charge in [0.05, 0.1) is 18.0 Å². The number of nitrogens with zero attached hydrogens (tertiary/aromatic N) is 5. The Morgan fingerprint density at radius 2 is 1.64 bits per heavy atom. The zero-order valence-electron chi connectivity index (χ0n) is 26.9. The van der Waals surface area contributed by atoms with Crippen LogP contribution in [0.15, 0.2) is 36.4 Å². The number of nitriles is 1. The Labute approximate surface area is 274 Å². The maximum absolute atomic E-state index is 13.6. The van der Waals surface area contributed by atoms with E-state index in [1.165, 1.54) is 0 Å². The van der Waals surface area contributed by atoms with Gasteiger partial charge in [0.1, 0.15) is 6.04 Å². The monoisotopic (exact) mass is 635 g/mol. The van der Waals surface area contributed by atoms with Gasteiger partial charge in [0, 0.05) is 36.3 Å². The Morgan fingerprint density at radius 1 is 1.00 bits per heavy atom. The number of piperidine rings is 1. The van der Waals surface area contributed by atoms with Gasteiger partial charge in [-0.1, -0.05) is 12.1 Å². The first-order chi connectivity index (χ1) is 22.9. The van der Waals surface area contributed by atoms with Gasteiger partial charge < -0.3 is 20.9 Å². The largest absolute Gasteiger partial charge is 0.352 e. The number of tetrazole rings is 1. The number of hydrogen-bond acceptors (Lipinski definition) is 8. The molecular weight excluding hydrogens is 594 g/mol. The van der Waals surface area contributed by atoms with Crippen LogP contribution in [0.25, 0.3) is 0 Å². The molecule has 0 radical (unpaired) electrons. The summed E-state index contributed by atoms with van der Waals surface area (Å²) in [5.74, 6) is 1.10. The van der Waals surface area contributed by atoms with Crippen molar-refractivity contribution in [2.75, 3.05) is 19.6 Å². The lowest BCUT2D eigenvalue weighted by Gasteiger charge is -2.38. The second-order valence-electron chi connectivity index (χ2n) is 13.4. The molecule has 0 bridgehead atoms. The summed E-state index contributed by atoms with van der Waals surface area (Å²) < 4.78 is 0. The highest BCUT2D eigenvalue weighted by atomic mass is 16.2. The molecule has 7 rings (SSSR count). The molecule has 2 saturated carbocycles. The molecule has 2 aromatic carbocycles. The maximum atomic E-state index is 13.6. The summed E-state index contributed by atoms with van der Waals surface area (Å²) in [4.78, 5) is 41.3. The lowest BCUT2D eigenvalue weighted by Crippen LogP contribution is -2.48. The molecule has 4 N–H and O–H groups in total. The molecule has 3 amide bonds. The average molecular weight is 636 g/mol. The molecule has 47 heavy (non-hydrogen) atoms. The zero-order chi connectivity index (χ0) is 32.7. The number of aryl methyl sites for hydroxylation is 2. The molecule has 3 fully saturated rings. The summed E-state index contributed by atoms with van der Waals surface area (Å²) in [5, 5.41) is 34.9. The van der Waals surface area contributed by atoms with Crippen molar-refractivity contribution in [2.45, 2.75) is 82.3 Å². The number of H-pyrrole nitrogens is 1. The number of carbonyl (C=O) groups is 3. The van der Waals surface area contributed by atoms with Crippen LogP contribution in [-0.4, -0.2) is 81.0 Å². The Kier molecular flexibility index (Phi) is 8.26. The normalized spacial score (nSPS) is 22.6. The van der Waals surface area contributed by atoms with E-state index in [0.717, 1.165) is 47.9 Å². The van der Waals surface area contributed by atoms with Crippen LogP contribution in [0.3, 0.4) is 0 Å². The van der Waals surface area contributed by atoms with Gasteiger partial charge in [-0.25, -0.2) is 5.10 Å². The van der Waals surface area contributed by atoms with E-state index in [2.05, 4.69) is 42.6 Å². The first-order valence-corrected chi connectivity index (χ1v) is 16.9. The van der Waals surface area contributed by atoms with Crippen LogP contribution in [0.5, 0.6) is 0 Å². The number of aromatic amines is 1. The van der Waals surface area contributed by atoms with Crippen LogP contribution < -0.4 is 16.0 Å². The fourth-order valence-corrected chi connectivity index (χ4v) is 8.04. The van der Waals surface area contributed by atoms with Gasteiger partial charge in [-0.05, 0) is 128 Å². The Bertz CT molecular complexity index is 1660. The number of rotatable bonds is 11. The minimum absolute atomic E-state index is 0.0256. The van der Waals surface area contributed by atoms with Crippen LogP contribution in [0.2, 0.25) is 0 Å². The summed E-state index contributed by atoms with van der Waals surface area (Å²) in [7, 11) is 0. The lowest BCUT2D eigenvalue weighted by atomic mass is 9.67. The summed E-state index contributed by atoms with van der Waals surface area (Å²) in [5.41, 5.74) is 4.33. The van der Waals surface area contributed by atoms with Crippen molar-refractivity contribution < 1.29 is 14.4 Å². The molecule has 4 aliphatic rings. The molecule has 0 spiro atoms. The average Bonchev–Trinajstić information content (AvgIpc) is 3.99. The van der Waals surface area contributed by atoms with Gasteiger partial charge in [-0.2, -0.15) is 5.26 Å². The topological polar surface area (TPSA) is 169 Å². The number of hydrogen-bond donors (Lipinski definition) is 4. The standard InChI is InChI=1S/C35H41N9O3/c1-3-37-32(46)23-9-11-27-21(13-23)7-8-22-14-24(33(47)38-4-2)10-12-28(22)35(27,34-40-42-43-41-34)17-29(20-5-6-20)39-19-31(45)44-26(18-36)15-25-16-30(25)44/h9-14,20,25-26,29-30,39H,3-8,15-17,19H2,1-2H3,(H,37,46)(H,38,47)(H,40,41,42,43)/t25-,26?,29+,30+/m1/s1. The highest BCUT2D eigenvalue weighted by Gasteiger charge is 2.54. The van der Waals surface area contributed by atoms with Crippen molar-refractivity contribution in [1.82, 2.24) is 41.5 Å². The predicted octanol–water partition coefficient (Wildman–Crippen LogP) is 2.40. The summed E-state index contributed by atoms with van der Waals surface area (Å²) in [6, 6.07) is 13.8. The fourth-order valence-electron chi connectivity index (χ4n) is 8.04. The van der Waals surface area contributed by atoms with Crippen molar-refractivity contribution in [3.8, 4) is 6.07 Å². The highest BCUT2D eigenvalue weighted by molar-refractivity contribution is 5.95. The van der Waals surface area contributed by atoms with Crippen LogP contribution >= 0.6 is 0 Å². The molecular formula is C35H41N9O3. The second-order valence-corrected chi connectivity index (χ2v) is 13.4. The van der Waals surface area contributed by atoms with Crippen LogP contribution in [0.4, 0.5) is 0 Å². The molecule has 1 saturated heterocycles. The van der Waals surface area contributed by atoms with E-state index in [9.17, 15) is 19.6 Å². The predicted molar refractivity (Wildman–Crippen MR) is 172 cm³/mol. The quantitative estimate of drug-likeness (QED) is 0.249. The lowest BCUT2D eigenvalue weighted by molar-refractivity contribution is -0.131. The van der Waals surface area contributed by atoms with Gasteiger partial charge >= 0.3 is 0 Å². The smallest absolute Gasteiger partial charge is 0.251 e. The third kappa shape index (κ3) is 5.67. The Morgan fingerprint density at radius 3 is 2.17 bits per heavy atom. The molecule has 2 heterocycles. The number of aromatic nitrogens is 4. The van der Waals surface area contributed by atoms with Crippen molar-refractivity contribution in [2.24, 2.45) is 11.8 Å². The van der Waals surface area contributed by atoms with Crippen LogP contribution in [0.1, 0.15) is 94.7 Å². The molecule has 244 valence electrons. The zero-order valence-corrected chi connectivity index (χ0v) is 26.9. The molecule has 1 aliphatic heterocycles. The second kappa shape index (κ2) is 12.5. The van der Waals surface area contributed by atoms with E-state index in [-0.39, 0.29) is 42.4 Å². The van der Waals surface area contributed by atoms with Crippen molar-refractivity contribution in [3.05, 3.63) is 75.6 Å². The van der Waals surface area contributed by atoms with Gasteiger partial charge in [-0.15, -0.1) is 5.10 Å². The van der Waals surface area contributed by atoms with E-state index in [1.807, 2.05) is 50.2 Å². The van der Waals surface area contributed by atoms with E-state index < -0.39 is 5.41 Å². The third-order valence-electron chi connectivity index (χ3n) is 10.5. The van der Waals surface area contributed by atoms with Gasteiger partial charge in [0.2, 0.25) is 5.91 Å². The molecule has 12 nitrogen and oxygen atoms in total. The van der Waals surface area contributed by atoms with Gasteiger partial charge in [0.15, 0.2) is 5.82 Å². The van der Waals surface area contributed by atoms with Gasteiger partial charge in [-0.3, -0.25) is 14.4 Å². The van der Waals surface area contributed by atoms with E-state index in [4.69, 9.17) is 0 Å². The molecule has 3 aliphatic carbocycles. The molecule has 12 heteroatoms. The molecule has 4 atom stereocenters. The van der Waals surface area contributed by atoms with Crippen molar-refractivity contribution in [1.29, 1.82) is 5.26 Å². The Hall–Kier alpha value is -4.63. The summed E-state index contributed by atoms with van der Waals surface area (Å²) >= 11 is 0. The third-order valence-corrected chi connectivity index (χ3v) is 10.5. The number of likely N-dealkylation sites (tertiary alicyclic amines) is 1. The van der Waals surface area contributed by atoms with Crippen molar-refractivity contribution >= 4 is 17.7 Å². The number of benzene rings is 2. The summed E-state index contributed by atoms with van der Waals surface area (Å²) in [6.45, 7) is 5.00. The minimum atomic E-state index is -0.863. The van der Waals surface area contributed by atoms with E-state index in [1.54, 1.807) is 4.90 Å². The van der Waals surface area contributed by atoms with E-state index >= 15 is 0 Å². The highest BCUT2D eigenvalue weighted by Crippen LogP contribution is 2.50. The Balaban J connectivity index is 1.31. The van der Waals surface area contributed by atoms with Crippen LogP contribution in [-0.2, 0) is 23.1 Å². The van der Waals surface area contributed by atoms with E-state index in [0.29, 0.717) is 61.1 Å². The molecule has 1 aromatic heterocycles. The molecule has 3 aromatic rings. The fraction of sp³-hybridized carbons (Fsp3) is 0.514. The SMILES string of the molecule is CCNC(=O)c1ccc2c(c1)CCc1cc(C(=O)NCC)ccc1C2(C[C@H](NCC(=O)N1C(C#N)C[C@@H]2C[C@@H]21)C1CC1)c1nnn[nH]1. The maximum Gasteiger partial charge on any atom is 0.251 e. The van der Waals surface area contributed by atoms with Gasteiger partial charge in [0.25, 0.3) is 11.8 Å². The minimum Gasteiger partial charge on any atom is -0.352 e.